The number of pyridine rings is 1. The lowest BCUT2D eigenvalue weighted by Crippen LogP contribution is -2.14. The maximum Gasteiger partial charge on any atom is 0.340 e. The van der Waals surface area contributed by atoms with Gasteiger partial charge in [-0.2, -0.15) is 0 Å². The highest BCUT2D eigenvalue weighted by molar-refractivity contribution is 6.09. The van der Waals surface area contributed by atoms with Crippen LogP contribution < -0.4 is 4.74 Å². The molecule has 0 aliphatic heterocycles. The number of ether oxygens (including phenoxy) is 2. The molecule has 5 heteroatoms. The first-order chi connectivity index (χ1) is 13.8. The third kappa shape index (κ3) is 3.77. The molecule has 0 unspecified atom stereocenters. The topological polar surface area (TPSA) is 57.0 Å². The van der Waals surface area contributed by atoms with Crippen molar-refractivity contribution in [1.82, 2.24) is 4.40 Å². The normalized spacial score (nSPS) is 11.5. The third-order valence-corrected chi connectivity index (χ3v) is 4.85. The van der Waals surface area contributed by atoms with Gasteiger partial charge in [0.15, 0.2) is 6.29 Å². The Morgan fingerprint density at radius 2 is 1.86 bits per heavy atom. The Bertz CT molecular complexity index is 1060. The van der Waals surface area contributed by atoms with Gasteiger partial charge in [-0.25, -0.2) is 4.79 Å². The predicted octanol–water partition coefficient (Wildman–Crippen LogP) is 5.29. The van der Waals surface area contributed by atoms with Crippen molar-refractivity contribution in [2.75, 3.05) is 13.2 Å². The summed E-state index contributed by atoms with van der Waals surface area (Å²) in [7, 11) is 0. The van der Waals surface area contributed by atoms with Crippen LogP contribution in [0.5, 0.6) is 5.75 Å². The van der Waals surface area contributed by atoms with E-state index in [4.69, 9.17) is 9.47 Å². The van der Waals surface area contributed by atoms with E-state index in [2.05, 4.69) is 20.8 Å². The van der Waals surface area contributed by atoms with Crippen LogP contribution in [0.25, 0.3) is 16.6 Å². The summed E-state index contributed by atoms with van der Waals surface area (Å²) in [5.74, 6) is 0.364. The molecule has 0 amide bonds. The van der Waals surface area contributed by atoms with Crippen LogP contribution in [0.1, 0.15) is 61.0 Å². The molecule has 0 saturated carbocycles. The number of esters is 1. The van der Waals surface area contributed by atoms with E-state index in [1.807, 2.05) is 43.3 Å². The van der Waals surface area contributed by atoms with Crippen molar-refractivity contribution in [1.29, 1.82) is 0 Å². The number of aromatic nitrogens is 1. The van der Waals surface area contributed by atoms with Crippen molar-refractivity contribution < 1.29 is 19.1 Å². The number of carbonyl (C=O) groups excluding carboxylic acids is 2. The highest BCUT2D eigenvalue weighted by Crippen LogP contribution is 2.39. The highest BCUT2D eigenvalue weighted by Gasteiger charge is 2.27. The number of fused-ring (bicyclic) bond motifs is 1. The van der Waals surface area contributed by atoms with Gasteiger partial charge in [0, 0.05) is 17.3 Å². The van der Waals surface area contributed by atoms with Crippen molar-refractivity contribution in [2.24, 2.45) is 0 Å². The second-order valence-corrected chi connectivity index (χ2v) is 7.82. The number of aldehydes is 1. The molecule has 0 N–H and O–H groups in total. The Hall–Kier alpha value is -3.08. The lowest BCUT2D eigenvalue weighted by Gasteiger charge is -2.23. The molecule has 3 rings (SSSR count). The molecule has 2 aromatic heterocycles. The standard InChI is InChI=1S/C24H27NO4/c1-6-28-20-12-11-16(14-17(20)24(3,4)5)21-19(15-26)25-13-9-8-10-18(25)22(21)23(27)29-7-2/h8-15H,6-7H2,1-5H3. The molecule has 0 aliphatic carbocycles. The van der Waals surface area contributed by atoms with E-state index in [1.54, 1.807) is 17.5 Å². The van der Waals surface area contributed by atoms with Gasteiger partial charge in [-0.15, -0.1) is 0 Å². The number of hydrogen-bond acceptors (Lipinski definition) is 4. The van der Waals surface area contributed by atoms with Gasteiger partial charge in [-0.1, -0.05) is 32.9 Å². The average Bonchev–Trinajstić information content (AvgIpc) is 3.02. The van der Waals surface area contributed by atoms with Crippen LogP contribution in [0.2, 0.25) is 0 Å². The molecule has 2 heterocycles. The monoisotopic (exact) mass is 393 g/mol. The number of hydrogen-bond donors (Lipinski definition) is 0. The minimum Gasteiger partial charge on any atom is -0.494 e. The second-order valence-electron chi connectivity index (χ2n) is 7.82. The molecular formula is C24H27NO4. The number of nitrogens with zero attached hydrogens (tertiary/aromatic N) is 1. The predicted molar refractivity (Wildman–Crippen MR) is 114 cm³/mol. The van der Waals surface area contributed by atoms with Gasteiger partial charge < -0.3 is 13.9 Å². The van der Waals surface area contributed by atoms with Gasteiger partial charge in [0.1, 0.15) is 5.75 Å². The van der Waals surface area contributed by atoms with E-state index in [0.29, 0.717) is 28.9 Å². The van der Waals surface area contributed by atoms with E-state index >= 15 is 0 Å². The Morgan fingerprint density at radius 1 is 1.10 bits per heavy atom. The van der Waals surface area contributed by atoms with E-state index in [-0.39, 0.29) is 12.0 Å². The summed E-state index contributed by atoms with van der Waals surface area (Å²) in [6.45, 7) is 10.9. The minimum atomic E-state index is -0.439. The summed E-state index contributed by atoms with van der Waals surface area (Å²) in [6, 6.07) is 11.3. The molecular weight excluding hydrogens is 366 g/mol. The number of rotatable bonds is 6. The Balaban J connectivity index is 2.36. The molecule has 3 aromatic rings. The number of benzene rings is 1. The highest BCUT2D eigenvalue weighted by atomic mass is 16.5. The first-order valence-corrected chi connectivity index (χ1v) is 9.86. The zero-order valence-electron chi connectivity index (χ0n) is 17.6. The molecule has 0 aliphatic rings. The maximum atomic E-state index is 12.9. The molecule has 0 atom stereocenters. The van der Waals surface area contributed by atoms with Crippen molar-refractivity contribution in [3.63, 3.8) is 0 Å². The van der Waals surface area contributed by atoms with Crippen LogP contribution in [-0.2, 0) is 10.2 Å². The molecule has 0 saturated heterocycles. The average molecular weight is 393 g/mol. The van der Waals surface area contributed by atoms with Crippen molar-refractivity contribution in [3.8, 4) is 16.9 Å². The van der Waals surface area contributed by atoms with Gasteiger partial charge in [0.2, 0.25) is 0 Å². The minimum absolute atomic E-state index is 0.175. The van der Waals surface area contributed by atoms with Gasteiger partial charge in [0.25, 0.3) is 0 Å². The van der Waals surface area contributed by atoms with Crippen LogP contribution in [0, 0.1) is 0 Å². The Kier molecular flexibility index (Phi) is 5.78. The zero-order chi connectivity index (χ0) is 21.2. The van der Waals surface area contributed by atoms with Crippen LogP contribution in [0.3, 0.4) is 0 Å². The molecule has 0 spiro atoms. The smallest absolute Gasteiger partial charge is 0.340 e. The number of carbonyl (C=O) groups is 2. The van der Waals surface area contributed by atoms with Gasteiger partial charge in [0.05, 0.1) is 30.0 Å². The van der Waals surface area contributed by atoms with Gasteiger partial charge in [-0.3, -0.25) is 4.79 Å². The first kappa shape index (κ1) is 20.6. The Morgan fingerprint density at radius 3 is 2.48 bits per heavy atom. The molecule has 0 bridgehead atoms. The molecule has 0 radical (unpaired) electrons. The van der Waals surface area contributed by atoms with Crippen LogP contribution in [0.4, 0.5) is 0 Å². The first-order valence-electron chi connectivity index (χ1n) is 9.86. The van der Waals surface area contributed by atoms with Crippen LogP contribution >= 0.6 is 0 Å². The van der Waals surface area contributed by atoms with Crippen LogP contribution in [0.15, 0.2) is 42.6 Å². The summed E-state index contributed by atoms with van der Waals surface area (Å²) in [4.78, 5) is 24.9. The zero-order valence-corrected chi connectivity index (χ0v) is 17.6. The van der Waals surface area contributed by atoms with Gasteiger partial charge >= 0.3 is 5.97 Å². The van der Waals surface area contributed by atoms with Crippen molar-refractivity contribution >= 4 is 17.8 Å². The molecule has 1 aromatic carbocycles. The fourth-order valence-corrected chi connectivity index (χ4v) is 3.60. The summed E-state index contributed by atoms with van der Waals surface area (Å²) in [5.41, 5.74) is 3.68. The van der Waals surface area contributed by atoms with Crippen molar-refractivity contribution in [2.45, 2.75) is 40.0 Å². The lowest BCUT2D eigenvalue weighted by atomic mass is 9.84. The van der Waals surface area contributed by atoms with E-state index in [1.165, 1.54) is 0 Å². The summed E-state index contributed by atoms with van der Waals surface area (Å²) in [6.07, 6.45) is 2.57. The molecule has 5 nitrogen and oxygen atoms in total. The van der Waals surface area contributed by atoms with Gasteiger partial charge in [-0.05, 0) is 49.1 Å². The quantitative estimate of drug-likeness (QED) is 0.422. The Labute approximate surface area is 171 Å². The van der Waals surface area contributed by atoms with Crippen LogP contribution in [-0.4, -0.2) is 29.9 Å². The maximum absolute atomic E-state index is 12.9. The largest absolute Gasteiger partial charge is 0.494 e. The van der Waals surface area contributed by atoms with Crippen molar-refractivity contribution in [3.05, 3.63) is 59.4 Å². The summed E-state index contributed by atoms with van der Waals surface area (Å²) >= 11 is 0. The molecule has 152 valence electrons. The van der Waals surface area contributed by atoms with E-state index in [9.17, 15) is 9.59 Å². The lowest BCUT2D eigenvalue weighted by molar-refractivity contribution is 0.0529. The SMILES string of the molecule is CCOC(=O)c1c(-c2ccc(OCC)c(C(C)(C)C)c2)c(C=O)n2ccccc12. The fourth-order valence-electron chi connectivity index (χ4n) is 3.60. The fraction of sp³-hybridized carbons (Fsp3) is 0.333. The molecule has 0 fully saturated rings. The summed E-state index contributed by atoms with van der Waals surface area (Å²) < 4.78 is 12.9. The summed E-state index contributed by atoms with van der Waals surface area (Å²) in [5, 5.41) is 0. The van der Waals surface area contributed by atoms with E-state index in [0.717, 1.165) is 23.2 Å². The second kappa shape index (κ2) is 8.11. The molecule has 29 heavy (non-hydrogen) atoms. The third-order valence-electron chi connectivity index (χ3n) is 4.85. The van der Waals surface area contributed by atoms with E-state index < -0.39 is 5.97 Å².